The van der Waals surface area contributed by atoms with Crippen molar-refractivity contribution in [3.8, 4) is 10.4 Å². The molecule has 9 heteroatoms. The average Bonchev–Trinajstić information content (AvgIpc) is 3.27. The first-order valence-corrected chi connectivity index (χ1v) is 13.9. The number of hydrogen-bond donors (Lipinski definition) is 1. The first-order valence-electron chi connectivity index (χ1n) is 10.4. The summed E-state index contributed by atoms with van der Waals surface area (Å²) in [6, 6.07) is 20.3. The van der Waals surface area contributed by atoms with Gasteiger partial charge >= 0.3 is 5.97 Å². The van der Waals surface area contributed by atoms with Gasteiger partial charge in [0, 0.05) is 16.2 Å². The Morgan fingerprint density at radius 2 is 1.85 bits per heavy atom. The maximum Gasteiger partial charge on any atom is 0.329 e. The summed E-state index contributed by atoms with van der Waals surface area (Å²) in [4.78, 5) is 14.1. The minimum absolute atomic E-state index is 0.157. The maximum atomic E-state index is 14.5. The molecule has 0 radical (unpaired) electrons. The number of ether oxygens (including phenoxy) is 2. The van der Waals surface area contributed by atoms with Crippen LogP contribution in [0.5, 0.6) is 0 Å². The molecule has 3 aromatic rings. The second-order valence-corrected chi connectivity index (χ2v) is 13.8. The largest absolute Gasteiger partial charge is 0.468 e. The molecular formula is C24H24ClNO5S2. The predicted octanol–water partition coefficient (Wildman–Crippen LogP) is 4.81. The van der Waals surface area contributed by atoms with Crippen molar-refractivity contribution in [2.24, 2.45) is 0 Å². The summed E-state index contributed by atoms with van der Waals surface area (Å²) in [5.41, 5.74) is -0.271. The molecule has 2 atom stereocenters. The van der Waals surface area contributed by atoms with Gasteiger partial charge in [0.15, 0.2) is 5.54 Å². The van der Waals surface area contributed by atoms with Crippen molar-refractivity contribution in [1.29, 1.82) is 0 Å². The third-order valence-corrected chi connectivity index (χ3v) is 11.8. The molecule has 1 N–H and O–H groups in total. The monoisotopic (exact) mass is 505 g/mol. The normalized spacial score (nSPS) is 26.1. The molecule has 1 aliphatic carbocycles. The lowest BCUT2D eigenvalue weighted by Gasteiger charge is -2.53. The quantitative estimate of drug-likeness (QED) is 0.504. The van der Waals surface area contributed by atoms with Gasteiger partial charge in [0.2, 0.25) is 0 Å². The molecule has 1 saturated heterocycles. The first-order chi connectivity index (χ1) is 15.6. The van der Waals surface area contributed by atoms with Gasteiger partial charge < -0.3 is 9.47 Å². The fourth-order valence-corrected chi connectivity index (χ4v) is 9.11. The van der Waals surface area contributed by atoms with E-state index < -0.39 is 26.5 Å². The highest BCUT2D eigenvalue weighted by molar-refractivity contribution is 8.14. The van der Waals surface area contributed by atoms with Crippen LogP contribution < -0.4 is 0 Å². The SMILES string of the molecule is COC(=O)C12CC1(c1ccccc1)COCN2S(C)(=O)(O)c1ccc(-c2ccc(Cl)cc2)s1. The standard InChI is InChI=1S/C24H24ClNO5S2/c1-30-22(27)24-14-23(24,18-6-4-3-5-7-18)15-31-16-26(24)33(2,28,29)21-13-12-20(32-21)17-8-10-19(25)11-9-17/h3-13H,14-16H2,1-2H3,(H,28,29). The zero-order chi connectivity index (χ0) is 23.5. The smallest absolute Gasteiger partial charge is 0.329 e. The highest BCUT2D eigenvalue weighted by Crippen LogP contribution is 2.67. The number of carbonyl (C=O) groups is 1. The van der Waals surface area contributed by atoms with Gasteiger partial charge in [-0.25, -0.2) is 4.79 Å². The summed E-state index contributed by atoms with van der Waals surface area (Å²) in [5.74, 6) is -0.529. The molecule has 2 fully saturated rings. The van der Waals surface area contributed by atoms with Crippen molar-refractivity contribution in [2.45, 2.75) is 21.6 Å². The Kier molecular flexibility index (Phi) is 5.14. The molecule has 2 aliphatic rings. The third kappa shape index (κ3) is 3.24. The van der Waals surface area contributed by atoms with Crippen molar-refractivity contribution < 1.29 is 23.0 Å². The summed E-state index contributed by atoms with van der Waals surface area (Å²) >= 11 is 7.22. The van der Waals surface area contributed by atoms with Crippen LogP contribution in [0, 0.1) is 0 Å². The molecule has 0 bridgehead atoms. The number of rotatable bonds is 5. The van der Waals surface area contributed by atoms with E-state index >= 15 is 0 Å². The van der Waals surface area contributed by atoms with Crippen molar-refractivity contribution in [3.05, 3.63) is 77.3 Å². The number of thiophene rings is 1. The number of fused-ring (bicyclic) bond motifs is 1. The minimum atomic E-state index is -4.69. The predicted molar refractivity (Wildman–Crippen MR) is 130 cm³/mol. The molecule has 0 amide bonds. The number of carbonyl (C=O) groups excluding carboxylic acids is 1. The molecule has 1 aromatic heterocycles. The molecule has 1 saturated carbocycles. The Bertz CT molecular complexity index is 1290. The highest BCUT2D eigenvalue weighted by Gasteiger charge is 2.81. The van der Waals surface area contributed by atoms with Crippen LogP contribution in [0.3, 0.4) is 0 Å². The number of halogens is 1. The molecule has 174 valence electrons. The second kappa shape index (κ2) is 7.46. The van der Waals surface area contributed by atoms with E-state index in [1.807, 2.05) is 48.5 Å². The zero-order valence-corrected chi connectivity index (χ0v) is 20.6. The van der Waals surface area contributed by atoms with E-state index in [-0.39, 0.29) is 17.5 Å². The Hall–Kier alpha value is -2.07. The third-order valence-electron chi connectivity index (χ3n) is 6.75. The van der Waals surface area contributed by atoms with Crippen LogP contribution in [0.1, 0.15) is 12.0 Å². The summed E-state index contributed by atoms with van der Waals surface area (Å²) in [6.07, 6.45) is 1.64. The van der Waals surface area contributed by atoms with E-state index in [1.54, 1.807) is 18.2 Å². The maximum absolute atomic E-state index is 14.5. The second-order valence-electron chi connectivity index (χ2n) is 8.69. The minimum Gasteiger partial charge on any atom is -0.468 e. The number of benzene rings is 2. The lowest BCUT2D eigenvalue weighted by molar-refractivity contribution is -0.153. The number of methoxy groups -OCH3 is 1. The van der Waals surface area contributed by atoms with Gasteiger partial charge in [0.1, 0.15) is 10.9 Å². The van der Waals surface area contributed by atoms with Crippen molar-refractivity contribution in [2.75, 3.05) is 26.7 Å². The molecule has 6 nitrogen and oxygen atoms in total. The Morgan fingerprint density at radius 1 is 1.15 bits per heavy atom. The van der Waals surface area contributed by atoms with E-state index in [2.05, 4.69) is 0 Å². The Balaban J connectivity index is 1.60. The molecular weight excluding hydrogens is 482 g/mol. The molecule has 2 aromatic carbocycles. The lowest BCUT2D eigenvalue weighted by Crippen LogP contribution is -2.64. The molecule has 5 rings (SSSR count). The zero-order valence-electron chi connectivity index (χ0n) is 18.2. The van der Waals surface area contributed by atoms with Crippen LogP contribution in [0.2, 0.25) is 5.02 Å². The van der Waals surface area contributed by atoms with E-state index in [1.165, 1.54) is 29.0 Å². The van der Waals surface area contributed by atoms with E-state index in [4.69, 9.17) is 21.1 Å². The van der Waals surface area contributed by atoms with Gasteiger partial charge in [-0.15, -0.1) is 20.9 Å². The topological polar surface area (TPSA) is 76.1 Å². The van der Waals surface area contributed by atoms with Crippen LogP contribution >= 0.6 is 22.9 Å². The van der Waals surface area contributed by atoms with Crippen LogP contribution in [-0.2, 0) is 29.2 Å². The molecule has 1 aliphatic heterocycles. The van der Waals surface area contributed by atoms with Gasteiger partial charge in [-0.05, 0) is 41.8 Å². The fraction of sp³-hybridized carbons (Fsp3) is 0.292. The van der Waals surface area contributed by atoms with Gasteiger partial charge in [-0.3, -0.25) is 4.55 Å². The van der Waals surface area contributed by atoms with E-state index in [0.717, 1.165) is 16.0 Å². The Labute approximate surface area is 201 Å². The fourth-order valence-electron chi connectivity index (χ4n) is 4.96. The lowest BCUT2D eigenvalue weighted by atomic mass is 9.90. The van der Waals surface area contributed by atoms with Gasteiger partial charge in [-0.1, -0.05) is 54.1 Å². The number of nitrogens with zero attached hydrogens (tertiary/aromatic N) is 1. The van der Waals surface area contributed by atoms with Gasteiger partial charge in [-0.2, -0.15) is 8.51 Å². The number of esters is 1. The van der Waals surface area contributed by atoms with Crippen LogP contribution in [-0.4, -0.2) is 51.3 Å². The summed E-state index contributed by atoms with van der Waals surface area (Å²) in [7, 11) is -3.38. The molecule has 2 unspecified atom stereocenters. The summed E-state index contributed by atoms with van der Waals surface area (Å²) < 4.78 is 39.0. The first kappa shape index (κ1) is 22.7. The van der Waals surface area contributed by atoms with Crippen LogP contribution in [0.4, 0.5) is 0 Å². The van der Waals surface area contributed by atoms with E-state index in [0.29, 0.717) is 11.4 Å². The summed E-state index contributed by atoms with van der Waals surface area (Å²) in [6.45, 7) is 0.113. The van der Waals surface area contributed by atoms with Gasteiger partial charge in [0.05, 0.1) is 19.1 Å². The molecule has 2 heterocycles. The van der Waals surface area contributed by atoms with E-state index in [9.17, 15) is 13.6 Å². The average molecular weight is 506 g/mol. The molecule has 33 heavy (non-hydrogen) atoms. The van der Waals surface area contributed by atoms with Crippen molar-refractivity contribution in [1.82, 2.24) is 4.31 Å². The number of hydrogen-bond acceptors (Lipinski definition) is 5. The van der Waals surface area contributed by atoms with Gasteiger partial charge in [0.25, 0.3) is 0 Å². The Morgan fingerprint density at radius 3 is 2.52 bits per heavy atom. The van der Waals surface area contributed by atoms with Crippen LogP contribution in [0.15, 0.2) is 70.9 Å². The summed E-state index contributed by atoms with van der Waals surface area (Å²) in [5, 5.41) is 0.617. The highest BCUT2D eigenvalue weighted by atomic mass is 35.5. The van der Waals surface area contributed by atoms with Crippen molar-refractivity contribution in [3.63, 3.8) is 0 Å². The molecule has 0 spiro atoms. The van der Waals surface area contributed by atoms with Crippen molar-refractivity contribution >= 4 is 38.4 Å². The van der Waals surface area contributed by atoms with Crippen LogP contribution in [0.25, 0.3) is 10.4 Å².